The quantitative estimate of drug-likeness (QED) is 0.648. The molecule has 0 atom stereocenters. The zero-order chi connectivity index (χ0) is 19.7. The molecule has 2 heterocycles. The van der Waals surface area contributed by atoms with E-state index in [0.29, 0.717) is 23.8 Å². The summed E-state index contributed by atoms with van der Waals surface area (Å²) < 4.78 is 13.3. The van der Waals surface area contributed by atoms with E-state index >= 15 is 0 Å². The van der Waals surface area contributed by atoms with Crippen molar-refractivity contribution in [3.8, 4) is 11.5 Å². The highest BCUT2D eigenvalue weighted by atomic mass is 35.5. The first-order valence-electron chi connectivity index (χ1n) is 9.40. The number of rotatable bonds is 4. The number of halogens is 1. The first-order chi connectivity index (χ1) is 13.5. The van der Waals surface area contributed by atoms with E-state index < -0.39 is 0 Å². The molecule has 4 rings (SSSR count). The Morgan fingerprint density at radius 1 is 1.04 bits per heavy atom. The number of amides is 1. The Morgan fingerprint density at radius 2 is 1.71 bits per heavy atom. The minimum atomic E-state index is 0.0580. The molecule has 0 bridgehead atoms. The van der Waals surface area contributed by atoms with Crippen LogP contribution >= 0.6 is 11.6 Å². The van der Waals surface area contributed by atoms with Crippen molar-refractivity contribution in [1.29, 1.82) is 0 Å². The van der Waals surface area contributed by atoms with Crippen molar-refractivity contribution >= 4 is 28.4 Å². The molecule has 0 saturated carbocycles. The predicted octanol–water partition coefficient (Wildman–Crippen LogP) is 4.52. The average molecular weight is 399 g/mol. The van der Waals surface area contributed by atoms with Crippen molar-refractivity contribution in [2.24, 2.45) is 7.05 Å². The standard InChI is InChI=1S/C22H23ClN2O3/c1-24-20-14-19(27-2)6-3-15(20)13-21(24)22(26)25-11-9-18(10-12-25)28-17-7-4-16(23)5-8-17/h3-8,13-14,18H,9-12H2,1-2H3. The highest BCUT2D eigenvalue weighted by molar-refractivity contribution is 6.30. The summed E-state index contributed by atoms with van der Waals surface area (Å²) in [5, 5.41) is 1.73. The maximum atomic E-state index is 13.1. The smallest absolute Gasteiger partial charge is 0.270 e. The van der Waals surface area contributed by atoms with E-state index in [1.165, 1.54) is 0 Å². The molecule has 0 N–H and O–H groups in total. The Bertz CT molecular complexity index is 989. The molecule has 146 valence electrons. The predicted molar refractivity (Wildman–Crippen MR) is 110 cm³/mol. The number of fused-ring (bicyclic) bond motifs is 1. The summed E-state index contributed by atoms with van der Waals surface area (Å²) >= 11 is 5.92. The molecule has 1 aliphatic rings. The lowest BCUT2D eigenvalue weighted by molar-refractivity contribution is 0.0587. The van der Waals surface area contributed by atoms with Crippen LogP contribution in [-0.4, -0.2) is 41.7 Å². The number of benzene rings is 2. The molecule has 1 saturated heterocycles. The van der Waals surface area contributed by atoms with Crippen LogP contribution < -0.4 is 9.47 Å². The maximum Gasteiger partial charge on any atom is 0.270 e. The van der Waals surface area contributed by atoms with E-state index in [4.69, 9.17) is 21.1 Å². The number of hydrogen-bond donors (Lipinski definition) is 0. The number of ether oxygens (including phenoxy) is 2. The highest BCUT2D eigenvalue weighted by Crippen LogP contribution is 2.26. The number of carbonyl (C=O) groups excluding carboxylic acids is 1. The van der Waals surface area contributed by atoms with E-state index in [2.05, 4.69) is 0 Å². The second-order valence-corrected chi connectivity index (χ2v) is 7.51. The van der Waals surface area contributed by atoms with Crippen molar-refractivity contribution in [2.75, 3.05) is 20.2 Å². The minimum Gasteiger partial charge on any atom is -0.497 e. The van der Waals surface area contributed by atoms with Gasteiger partial charge in [-0.25, -0.2) is 0 Å². The van der Waals surface area contributed by atoms with Gasteiger partial charge in [-0.15, -0.1) is 0 Å². The number of piperidine rings is 1. The summed E-state index contributed by atoms with van der Waals surface area (Å²) in [4.78, 5) is 15.0. The van der Waals surface area contributed by atoms with Gasteiger partial charge in [-0.3, -0.25) is 4.79 Å². The van der Waals surface area contributed by atoms with Crippen molar-refractivity contribution < 1.29 is 14.3 Å². The average Bonchev–Trinajstić information content (AvgIpc) is 3.05. The molecule has 28 heavy (non-hydrogen) atoms. The van der Waals surface area contributed by atoms with Crippen LogP contribution in [0.25, 0.3) is 10.9 Å². The van der Waals surface area contributed by atoms with Gasteiger partial charge in [0.2, 0.25) is 0 Å². The van der Waals surface area contributed by atoms with Gasteiger partial charge in [-0.2, -0.15) is 0 Å². The Hall–Kier alpha value is -2.66. The van der Waals surface area contributed by atoms with Gasteiger partial charge in [0, 0.05) is 49.5 Å². The Kier molecular flexibility index (Phi) is 5.18. The fraction of sp³-hybridized carbons (Fsp3) is 0.318. The van der Waals surface area contributed by atoms with Crippen LogP contribution in [-0.2, 0) is 7.05 Å². The molecule has 3 aromatic rings. The van der Waals surface area contributed by atoms with Gasteiger partial charge in [0.15, 0.2) is 0 Å². The van der Waals surface area contributed by atoms with E-state index in [9.17, 15) is 4.79 Å². The monoisotopic (exact) mass is 398 g/mol. The fourth-order valence-corrected chi connectivity index (χ4v) is 3.81. The van der Waals surface area contributed by atoms with Gasteiger partial charge >= 0.3 is 0 Å². The van der Waals surface area contributed by atoms with Crippen LogP contribution in [0.15, 0.2) is 48.5 Å². The number of hydrogen-bond acceptors (Lipinski definition) is 3. The summed E-state index contributed by atoms with van der Waals surface area (Å²) in [6.45, 7) is 1.36. The molecular weight excluding hydrogens is 376 g/mol. The van der Waals surface area contributed by atoms with E-state index in [-0.39, 0.29) is 12.0 Å². The van der Waals surface area contributed by atoms with Crippen molar-refractivity contribution in [3.05, 3.63) is 59.2 Å². The molecule has 1 aromatic heterocycles. The third-order valence-electron chi connectivity index (χ3n) is 5.32. The molecule has 1 aliphatic heterocycles. The molecule has 0 unspecified atom stereocenters. The third-order valence-corrected chi connectivity index (χ3v) is 5.57. The van der Waals surface area contributed by atoms with Crippen LogP contribution in [0.1, 0.15) is 23.3 Å². The van der Waals surface area contributed by atoms with Crippen LogP contribution in [0.2, 0.25) is 5.02 Å². The van der Waals surface area contributed by atoms with E-state index in [1.54, 1.807) is 7.11 Å². The van der Waals surface area contributed by atoms with Crippen LogP contribution in [0.4, 0.5) is 0 Å². The Labute approximate surface area is 169 Å². The van der Waals surface area contributed by atoms with Crippen LogP contribution in [0.5, 0.6) is 11.5 Å². The molecule has 1 amide bonds. The molecule has 0 aliphatic carbocycles. The van der Waals surface area contributed by atoms with Gasteiger partial charge in [-0.05, 0) is 42.5 Å². The zero-order valence-corrected chi connectivity index (χ0v) is 16.8. The molecular formula is C22H23ClN2O3. The van der Waals surface area contributed by atoms with Gasteiger partial charge < -0.3 is 18.9 Å². The number of likely N-dealkylation sites (tertiary alicyclic amines) is 1. The lowest BCUT2D eigenvalue weighted by atomic mass is 10.1. The topological polar surface area (TPSA) is 43.7 Å². The molecule has 2 aromatic carbocycles. The van der Waals surface area contributed by atoms with Gasteiger partial charge in [0.25, 0.3) is 5.91 Å². The normalized spacial score (nSPS) is 15.0. The second kappa shape index (κ2) is 7.76. The number of aromatic nitrogens is 1. The van der Waals surface area contributed by atoms with Crippen LogP contribution in [0.3, 0.4) is 0 Å². The second-order valence-electron chi connectivity index (χ2n) is 7.08. The SMILES string of the molecule is COc1ccc2cc(C(=O)N3CCC(Oc4ccc(Cl)cc4)CC3)n(C)c2c1. The minimum absolute atomic E-state index is 0.0580. The summed E-state index contributed by atoms with van der Waals surface area (Å²) in [6.07, 6.45) is 1.74. The van der Waals surface area contributed by atoms with E-state index in [0.717, 1.165) is 35.2 Å². The number of carbonyl (C=O) groups is 1. The molecule has 6 heteroatoms. The first kappa shape index (κ1) is 18.7. The Balaban J connectivity index is 1.43. The largest absolute Gasteiger partial charge is 0.497 e. The number of nitrogens with zero attached hydrogens (tertiary/aromatic N) is 2. The summed E-state index contributed by atoms with van der Waals surface area (Å²) in [6, 6.07) is 15.2. The summed E-state index contributed by atoms with van der Waals surface area (Å²) in [7, 11) is 3.57. The molecule has 1 fully saturated rings. The molecule has 5 nitrogen and oxygen atoms in total. The molecule has 0 radical (unpaired) electrons. The first-order valence-corrected chi connectivity index (χ1v) is 9.78. The van der Waals surface area contributed by atoms with Gasteiger partial charge in [0.05, 0.1) is 12.6 Å². The van der Waals surface area contributed by atoms with Gasteiger partial charge in [-0.1, -0.05) is 11.6 Å². The number of methoxy groups -OCH3 is 1. The van der Waals surface area contributed by atoms with Gasteiger partial charge in [0.1, 0.15) is 23.3 Å². The fourth-order valence-electron chi connectivity index (χ4n) is 3.69. The lowest BCUT2D eigenvalue weighted by Crippen LogP contribution is -2.42. The zero-order valence-electron chi connectivity index (χ0n) is 16.0. The number of aryl methyl sites for hydroxylation is 1. The van der Waals surface area contributed by atoms with Crippen molar-refractivity contribution in [3.63, 3.8) is 0 Å². The van der Waals surface area contributed by atoms with Crippen LogP contribution in [0, 0.1) is 0 Å². The summed E-state index contributed by atoms with van der Waals surface area (Å²) in [5.74, 6) is 1.66. The van der Waals surface area contributed by atoms with E-state index in [1.807, 2.05) is 65.0 Å². The third kappa shape index (κ3) is 3.67. The lowest BCUT2D eigenvalue weighted by Gasteiger charge is -2.32. The van der Waals surface area contributed by atoms with Crippen molar-refractivity contribution in [1.82, 2.24) is 9.47 Å². The highest BCUT2D eigenvalue weighted by Gasteiger charge is 2.26. The molecule has 0 spiro atoms. The van der Waals surface area contributed by atoms with Crippen molar-refractivity contribution in [2.45, 2.75) is 18.9 Å². The summed E-state index contributed by atoms with van der Waals surface area (Å²) in [5.41, 5.74) is 1.68. The maximum absolute atomic E-state index is 13.1. The Morgan fingerprint density at radius 3 is 2.39 bits per heavy atom.